The molecule has 0 bridgehead atoms. The molecule has 0 aliphatic carbocycles. The summed E-state index contributed by atoms with van der Waals surface area (Å²) in [6.07, 6.45) is 1.76. The highest BCUT2D eigenvalue weighted by Gasteiger charge is 2.08. The number of hydrogen-bond acceptors (Lipinski definition) is 6. The normalized spacial score (nSPS) is 10.3. The van der Waals surface area contributed by atoms with Crippen molar-refractivity contribution in [3.63, 3.8) is 0 Å². The summed E-state index contributed by atoms with van der Waals surface area (Å²) in [6.45, 7) is 6.08. The van der Waals surface area contributed by atoms with Crippen molar-refractivity contribution in [1.29, 1.82) is 0 Å². The van der Waals surface area contributed by atoms with Crippen LogP contribution in [0.25, 0.3) is 33.6 Å². The van der Waals surface area contributed by atoms with Gasteiger partial charge >= 0.3 is 0 Å². The van der Waals surface area contributed by atoms with Crippen molar-refractivity contribution in [2.45, 2.75) is 43.5 Å². The number of aromatic nitrogens is 4. The third kappa shape index (κ3) is 9.95. The van der Waals surface area contributed by atoms with Gasteiger partial charge in [0.25, 0.3) is 0 Å². The van der Waals surface area contributed by atoms with E-state index in [-0.39, 0.29) is 0 Å². The standard InChI is InChI=1S/C24H21N3.C17H14N2S.C2H6/c25-24-22(17-23(26-27-24)21-9-5-2-6-10-21)16-13-18-11-14-20(15-12-18)19-7-3-1-4-8-19;1-13-12-16(14-8-4-2-5-9-14)18-19-17(13)20-15-10-6-3-7-11-15;1-2/h1-12,14-15,17H,13,16H2,(H2,25,27);2-12H,1H3;1-2H3. The lowest BCUT2D eigenvalue weighted by molar-refractivity contribution is 0.912. The number of hydrogen-bond donors (Lipinski definition) is 1. The Morgan fingerprint density at radius 1 is 0.490 bits per heavy atom. The summed E-state index contributed by atoms with van der Waals surface area (Å²) in [7, 11) is 0. The summed E-state index contributed by atoms with van der Waals surface area (Å²) in [4.78, 5) is 1.18. The molecular weight excluding hydrogens is 619 g/mol. The van der Waals surface area contributed by atoms with Gasteiger partial charge in [-0.05, 0) is 71.8 Å². The molecule has 2 N–H and O–H groups in total. The molecule has 7 rings (SSSR count). The molecule has 0 aliphatic heterocycles. The maximum atomic E-state index is 6.06. The number of nitrogen functional groups attached to an aromatic ring is 1. The van der Waals surface area contributed by atoms with E-state index < -0.39 is 0 Å². The van der Waals surface area contributed by atoms with Crippen LogP contribution in [0.2, 0.25) is 0 Å². The van der Waals surface area contributed by atoms with E-state index in [0.717, 1.165) is 51.5 Å². The van der Waals surface area contributed by atoms with Crippen molar-refractivity contribution in [2.24, 2.45) is 0 Å². The van der Waals surface area contributed by atoms with Crippen LogP contribution in [0.3, 0.4) is 0 Å². The second-order valence-corrected chi connectivity index (χ2v) is 12.1. The molecule has 6 heteroatoms. The topological polar surface area (TPSA) is 77.6 Å². The first kappa shape index (κ1) is 34.7. The molecule has 0 spiro atoms. The van der Waals surface area contributed by atoms with Crippen molar-refractivity contribution < 1.29 is 0 Å². The highest BCUT2D eigenvalue weighted by atomic mass is 32.2. The SMILES string of the molecule is CC.Cc1cc(-c2ccccc2)nnc1Sc1ccccc1.Nc1nnc(-c2ccccc2)cc1CCc1ccc(-c2ccccc2)cc1. The second kappa shape index (κ2) is 18.1. The Balaban J connectivity index is 0.000000189. The molecule has 7 aromatic rings. The van der Waals surface area contributed by atoms with Crippen LogP contribution in [-0.4, -0.2) is 20.4 Å². The highest BCUT2D eigenvalue weighted by molar-refractivity contribution is 7.99. The molecule has 2 heterocycles. The number of nitrogens with zero attached hydrogens (tertiary/aromatic N) is 4. The number of nitrogens with two attached hydrogens (primary N) is 1. The van der Waals surface area contributed by atoms with Gasteiger partial charge in [0.05, 0.1) is 11.4 Å². The minimum Gasteiger partial charge on any atom is -0.382 e. The Kier molecular flexibility index (Phi) is 12.8. The number of anilines is 1. The van der Waals surface area contributed by atoms with E-state index in [1.807, 2.05) is 98.8 Å². The largest absolute Gasteiger partial charge is 0.382 e. The van der Waals surface area contributed by atoms with E-state index in [0.29, 0.717) is 5.82 Å². The van der Waals surface area contributed by atoms with E-state index in [1.54, 1.807) is 11.8 Å². The van der Waals surface area contributed by atoms with Crippen LogP contribution in [0.15, 0.2) is 168 Å². The first-order valence-electron chi connectivity index (χ1n) is 16.6. The van der Waals surface area contributed by atoms with Crippen LogP contribution < -0.4 is 5.73 Å². The molecule has 0 saturated carbocycles. The summed E-state index contributed by atoms with van der Waals surface area (Å²) >= 11 is 1.64. The fourth-order valence-corrected chi connectivity index (χ4v) is 5.91. The molecule has 0 aliphatic rings. The third-order valence-corrected chi connectivity index (χ3v) is 8.79. The maximum absolute atomic E-state index is 6.06. The molecule has 5 nitrogen and oxygen atoms in total. The lowest BCUT2D eigenvalue weighted by atomic mass is 10.00. The van der Waals surface area contributed by atoms with E-state index in [2.05, 4.69) is 100 Å². The Hall–Kier alpha value is -5.59. The molecular formula is C43H41N5S. The van der Waals surface area contributed by atoms with Crippen LogP contribution in [0.4, 0.5) is 5.82 Å². The van der Waals surface area contributed by atoms with Gasteiger partial charge in [-0.2, -0.15) is 0 Å². The van der Waals surface area contributed by atoms with Gasteiger partial charge in [-0.1, -0.05) is 159 Å². The third-order valence-electron chi connectivity index (χ3n) is 7.69. The molecule has 0 radical (unpaired) electrons. The van der Waals surface area contributed by atoms with Crippen LogP contribution >= 0.6 is 11.8 Å². The summed E-state index contributed by atoms with van der Waals surface area (Å²) in [6, 6.07) is 53.7. The van der Waals surface area contributed by atoms with Gasteiger partial charge in [0.15, 0.2) is 0 Å². The average Bonchev–Trinajstić information content (AvgIpc) is 3.18. The monoisotopic (exact) mass is 659 g/mol. The summed E-state index contributed by atoms with van der Waals surface area (Å²) in [5.74, 6) is 0.510. The first-order chi connectivity index (χ1) is 24.1. The van der Waals surface area contributed by atoms with Gasteiger partial charge in [0.1, 0.15) is 10.8 Å². The van der Waals surface area contributed by atoms with E-state index in [1.165, 1.54) is 21.6 Å². The zero-order valence-corrected chi connectivity index (χ0v) is 29.0. The van der Waals surface area contributed by atoms with Crippen molar-refractivity contribution in [3.05, 3.63) is 174 Å². The fraction of sp³-hybridized carbons (Fsp3) is 0.116. The quantitative estimate of drug-likeness (QED) is 0.175. The van der Waals surface area contributed by atoms with Crippen molar-refractivity contribution in [3.8, 4) is 33.6 Å². The van der Waals surface area contributed by atoms with Crippen LogP contribution in [0, 0.1) is 6.92 Å². The Labute approximate surface area is 294 Å². The van der Waals surface area contributed by atoms with Gasteiger partial charge in [-0.15, -0.1) is 20.4 Å². The summed E-state index contributed by atoms with van der Waals surface area (Å²) < 4.78 is 0. The minimum atomic E-state index is 0.510. The van der Waals surface area contributed by atoms with Gasteiger partial charge in [-0.3, -0.25) is 0 Å². The number of rotatable bonds is 8. The first-order valence-corrected chi connectivity index (χ1v) is 17.4. The molecule has 49 heavy (non-hydrogen) atoms. The summed E-state index contributed by atoms with van der Waals surface area (Å²) in [5.41, 5.74) is 15.9. The van der Waals surface area contributed by atoms with E-state index in [9.17, 15) is 0 Å². The zero-order chi connectivity index (χ0) is 34.3. The maximum Gasteiger partial charge on any atom is 0.149 e. The predicted octanol–water partition coefficient (Wildman–Crippen LogP) is 10.8. The highest BCUT2D eigenvalue weighted by Crippen LogP contribution is 2.29. The zero-order valence-electron chi connectivity index (χ0n) is 28.2. The van der Waals surface area contributed by atoms with Gasteiger partial charge in [-0.25, -0.2) is 0 Å². The smallest absolute Gasteiger partial charge is 0.149 e. The molecule has 0 saturated heterocycles. The predicted molar refractivity (Wildman–Crippen MR) is 205 cm³/mol. The Morgan fingerprint density at radius 3 is 1.51 bits per heavy atom. The second-order valence-electron chi connectivity index (χ2n) is 11.1. The van der Waals surface area contributed by atoms with Crippen LogP contribution in [-0.2, 0) is 12.8 Å². The Morgan fingerprint density at radius 2 is 0.959 bits per heavy atom. The molecule has 244 valence electrons. The van der Waals surface area contributed by atoms with Crippen LogP contribution in [0.5, 0.6) is 0 Å². The van der Waals surface area contributed by atoms with E-state index >= 15 is 0 Å². The Bertz CT molecular complexity index is 2000. The molecule has 0 atom stereocenters. The van der Waals surface area contributed by atoms with E-state index in [4.69, 9.17) is 5.73 Å². The van der Waals surface area contributed by atoms with Gasteiger partial charge < -0.3 is 5.73 Å². The van der Waals surface area contributed by atoms with Gasteiger partial charge in [0, 0.05) is 16.0 Å². The molecule has 0 amide bonds. The van der Waals surface area contributed by atoms with Crippen molar-refractivity contribution in [1.82, 2.24) is 20.4 Å². The fourth-order valence-electron chi connectivity index (χ4n) is 5.09. The molecule has 2 aromatic heterocycles. The lowest BCUT2D eigenvalue weighted by Gasteiger charge is -2.08. The molecule has 0 unspecified atom stereocenters. The van der Waals surface area contributed by atoms with Crippen molar-refractivity contribution in [2.75, 3.05) is 5.73 Å². The number of aryl methyl sites for hydroxylation is 3. The molecule has 0 fully saturated rings. The lowest BCUT2D eigenvalue weighted by Crippen LogP contribution is -2.03. The molecule has 5 aromatic carbocycles. The van der Waals surface area contributed by atoms with Crippen molar-refractivity contribution >= 4 is 17.6 Å². The van der Waals surface area contributed by atoms with Gasteiger partial charge in [0.2, 0.25) is 0 Å². The van der Waals surface area contributed by atoms with Crippen LogP contribution in [0.1, 0.15) is 30.5 Å². The number of benzene rings is 5. The summed E-state index contributed by atoms with van der Waals surface area (Å²) in [5, 5.41) is 18.0. The minimum absolute atomic E-state index is 0.510. The average molecular weight is 660 g/mol.